The fraction of sp³-hybridized carbons (Fsp3) is 0.208. The Morgan fingerprint density at radius 3 is 2.56 bits per heavy atom. The summed E-state index contributed by atoms with van der Waals surface area (Å²) in [6.45, 7) is 2.04. The summed E-state index contributed by atoms with van der Waals surface area (Å²) in [5, 5.41) is 12.2. The molecule has 10 nitrogen and oxygen atoms in total. The topological polar surface area (TPSA) is 114 Å². The summed E-state index contributed by atoms with van der Waals surface area (Å²) >= 11 is 0. The maximum absolute atomic E-state index is 13.1. The molecule has 1 fully saturated rings. The molecule has 0 aliphatic carbocycles. The molecule has 4 heterocycles. The van der Waals surface area contributed by atoms with Gasteiger partial charge >= 0.3 is 5.63 Å². The number of benzene rings is 1. The summed E-state index contributed by atoms with van der Waals surface area (Å²) in [6, 6.07) is 16.1. The molecule has 34 heavy (non-hydrogen) atoms. The normalized spacial score (nSPS) is 13.7. The minimum atomic E-state index is -0.675. The van der Waals surface area contributed by atoms with E-state index in [1.807, 2.05) is 30.3 Å². The zero-order valence-corrected chi connectivity index (χ0v) is 18.5. The van der Waals surface area contributed by atoms with Crippen molar-refractivity contribution in [1.82, 2.24) is 20.1 Å². The van der Waals surface area contributed by atoms with E-state index in [1.165, 1.54) is 7.11 Å². The lowest BCUT2D eigenvalue weighted by Gasteiger charge is -2.35. The number of hydrogen-bond donors (Lipinski definition) is 1. The molecule has 1 saturated heterocycles. The molecule has 3 aromatic heterocycles. The summed E-state index contributed by atoms with van der Waals surface area (Å²) in [7, 11) is 1.50. The number of anilines is 3. The SMILES string of the molecule is COc1cccc2cc(C(=O)N3CCN(c4ccc(Nc5ccccn5)nn4)CC3)c(=O)oc12. The number of fused-ring (bicyclic) bond motifs is 1. The minimum Gasteiger partial charge on any atom is -0.493 e. The molecule has 1 N–H and O–H groups in total. The van der Waals surface area contributed by atoms with Crippen molar-refractivity contribution in [3.8, 4) is 5.75 Å². The molecule has 0 spiro atoms. The Labute approximate surface area is 194 Å². The number of piperazine rings is 1. The van der Waals surface area contributed by atoms with Gasteiger partial charge in [-0.3, -0.25) is 4.79 Å². The average molecular weight is 458 g/mol. The molecule has 0 saturated carbocycles. The molecular weight excluding hydrogens is 436 g/mol. The smallest absolute Gasteiger partial charge is 0.349 e. The van der Waals surface area contributed by atoms with Crippen LogP contribution in [0.2, 0.25) is 0 Å². The number of hydrogen-bond acceptors (Lipinski definition) is 9. The van der Waals surface area contributed by atoms with E-state index in [2.05, 4.69) is 25.4 Å². The molecule has 0 radical (unpaired) electrons. The van der Waals surface area contributed by atoms with E-state index in [9.17, 15) is 9.59 Å². The molecular formula is C24H22N6O4. The second-order valence-electron chi connectivity index (χ2n) is 7.72. The van der Waals surface area contributed by atoms with Gasteiger partial charge in [0.15, 0.2) is 23.0 Å². The largest absolute Gasteiger partial charge is 0.493 e. The number of carbonyl (C=O) groups excluding carboxylic acids is 1. The van der Waals surface area contributed by atoms with Gasteiger partial charge in [0.1, 0.15) is 11.4 Å². The van der Waals surface area contributed by atoms with Gasteiger partial charge in [0.25, 0.3) is 5.91 Å². The zero-order chi connectivity index (χ0) is 23.5. The first kappa shape index (κ1) is 21.4. The number of para-hydroxylation sites is 1. The lowest BCUT2D eigenvalue weighted by Crippen LogP contribution is -2.49. The predicted octanol–water partition coefficient (Wildman–Crippen LogP) is 2.69. The maximum atomic E-state index is 13.1. The van der Waals surface area contributed by atoms with E-state index in [0.717, 1.165) is 5.82 Å². The van der Waals surface area contributed by atoms with Crippen LogP contribution in [0.15, 0.2) is 70.0 Å². The molecule has 172 valence electrons. The van der Waals surface area contributed by atoms with Crippen LogP contribution in [0.25, 0.3) is 11.0 Å². The van der Waals surface area contributed by atoms with Crippen molar-refractivity contribution in [3.63, 3.8) is 0 Å². The monoisotopic (exact) mass is 458 g/mol. The Hall–Kier alpha value is -4.47. The maximum Gasteiger partial charge on any atom is 0.349 e. The summed E-state index contributed by atoms with van der Waals surface area (Å²) in [5.74, 6) is 2.10. The number of nitrogens with one attached hydrogen (secondary N) is 1. The van der Waals surface area contributed by atoms with Crippen LogP contribution < -0.4 is 20.6 Å². The van der Waals surface area contributed by atoms with Gasteiger partial charge in [0, 0.05) is 37.8 Å². The first-order chi connectivity index (χ1) is 16.6. The summed E-state index contributed by atoms with van der Waals surface area (Å²) in [6.07, 6.45) is 1.70. The van der Waals surface area contributed by atoms with Crippen LogP contribution in [-0.4, -0.2) is 59.3 Å². The first-order valence-electron chi connectivity index (χ1n) is 10.8. The molecule has 0 unspecified atom stereocenters. The third kappa shape index (κ3) is 4.25. The lowest BCUT2D eigenvalue weighted by atomic mass is 10.1. The third-order valence-electron chi connectivity index (χ3n) is 5.64. The number of pyridine rings is 1. The van der Waals surface area contributed by atoms with Crippen LogP contribution in [0.4, 0.5) is 17.5 Å². The standard InChI is InChI=1S/C24H22N6O4/c1-33-18-6-4-5-16-15-17(24(32)34-22(16)18)23(31)30-13-11-29(12-14-30)21-9-8-20(27-28-21)26-19-7-2-3-10-25-19/h2-10,15H,11-14H2,1H3,(H,25,26,27). The van der Waals surface area contributed by atoms with Crippen molar-refractivity contribution in [2.75, 3.05) is 43.5 Å². The molecule has 4 aromatic rings. The molecule has 1 amide bonds. The van der Waals surface area contributed by atoms with Gasteiger partial charge in [-0.25, -0.2) is 9.78 Å². The zero-order valence-electron chi connectivity index (χ0n) is 18.5. The molecule has 5 rings (SSSR count). The summed E-state index contributed by atoms with van der Waals surface area (Å²) in [4.78, 5) is 33.5. The highest BCUT2D eigenvalue weighted by Crippen LogP contribution is 2.25. The summed E-state index contributed by atoms with van der Waals surface area (Å²) < 4.78 is 10.6. The van der Waals surface area contributed by atoms with E-state index in [-0.39, 0.29) is 11.5 Å². The van der Waals surface area contributed by atoms with Gasteiger partial charge in [-0.05, 0) is 36.4 Å². The predicted molar refractivity (Wildman–Crippen MR) is 127 cm³/mol. The van der Waals surface area contributed by atoms with E-state index in [1.54, 1.807) is 35.4 Å². The van der Waals surface area contributed by atoms with E-state index < -0.39 is 5.63 Å². The highest BCUT2D eigenvalue weighted by Gasteiger charge is 2.26. The highest BCUT2D eigenvalue weighted by atomic mass is 16.5. The number of carbonyl (C=O) groups is 1. The van der Waals surface area contributed by atoms with Crippen LogP contribution >= 0.6 is 0 Å². The number of nitrogens with zero attached hydrogens (tertiary/aromatic N) is 5. The van der Waals surface area contributed by atoms with Crippen LogP contribution in [0, 0.1) is 0 Å². The number of amides is 1. The minimum absolute atomic E-state index is 0.0129. The van der Waals surface area contributed by atoms with Crippen LogP contribution in [0.5, 0.6) is 5.75 Å². The fourth-order valence-electron chi connectivity index (χ4n) is 3.87. The average Bonchev–Trinajstić information content (AvgIpc) is 2.89. The van der Waals surface area contributed by atoms with Gasteiger partial charge in [0.05, 0.1) is 7.11 Å². The van der Waals surface area contributed by atoms with E-state index in [4.69, 9.17) is 9.15 Å². The second kappa shape index (κ2) is 9.18. The van der Waals surface area contributed by atoms with Gasteiger partial charge in [0.2, 0.25) is 0 Å². The Kier molecular flexibility index (Phi) is 5.77. The first-order valence-corrected chi connectivity index (χ1v) is 10.8. The fourth-order valence-corrected chi connectivity index (χ4v) is 3.87. The van der Waals surface area contributed by atoms with Crippen LogP contribution in [-0.2, 0) is 0 Å². The third-order valence-corrected chi connectivity index (χ3v) is 5.64. The van der Waals surface area contributed by atoms with Gasteiger partial charge < -0.3 is 24.3 Å². The lowest BCUT2D eigenvalue weighted by molar-refractivity contribution is 0.0742. The van der Waals surface area contributed by atoms with Gasteiger partial charge in [-0.15, -0.1) is 10.2 Å². The van der Waals surface area contributed by atoms with Crippen molar-refractivity contribution in [3.05, 3.63) is 76.8 Å². The Morgan fingerprint density at radius 1 is 1.00 bits per heavy atom. The van der Waals surface area contributed by atoms with Crippen LogP contribution in [0.3, 0.4) is 0 Å². The Bertz CT molecular complexity index is 1370. The molecule has 0 atom stereocenters. The van der Waals surface area contributed by atoms with Crippen molar-refractivity contribution in [1.29, 1.82) is 0 Å². The van der Waals surface area contributed by atoms with Gasteiger partial charge in [-0.1, -0.05) is 18.2 Å². The van der Waals surface area contributed by atoms with E-state index in [0.29, 0.717) is 54.5 Å². The number of methoxy groups -OCH3 is 1. The van der Waals surface area contributed by atoms with Crippen molar-refractivity contribution < 1.29 is 13.9 Å². The van der Waals surface area contributed by atoms with Gasteiger partial charge in [-0.2, -0.15) is 0 Å². The molecule has 0 bridgehead atoms. The van der Waals surface area contributed by atoms with Crippen molar-refractivity contribution in [2.24, 2.45) is 0 Å². The molecule has 10 heteroatoms. The quantitative estimate of drug-likeness (QED) is 0.451. The van der Waals surface area contributed by atoms with E-state index >= 15 is 0 Å². The van der Waals surface area contributed by atoms with Crippen molar-refractivity contribution >= 4 is 34.3 Å². The Morgan fingerprint density at radius 2 is 1.85 bits per heavy atom. The summed E-state index contributed by atoms with van der Waals surface area (Å²) in [5.41, 5.74) is -0.332. The highest BCUT2D eigenvalue weighted by molar-refractivity contribution is 5.97. The number of aromatic nitrogens is 3. The molecule has 1 aliphatic rings. The van der Waals surface area contributed by atoms with Crippen molar-refractivity contribution in [2.45, 2.75) is 0 Å². The number of ether oxygens (including phenoxy) is 1. The van der Waals surface area contributed by atoms with Crippen LogP contribution in [0.1, 0.15) is 10.4 Å². The molecule has 1 aliphatic heterocycles. The number of rotatable bonds is 5. The second-order valence-corrected chi connectivity index (χ2v) is 7.72. The Balaban J connectivity index is 1.25. The molecule has 1 aromatic carbocycles.